The summed E-state index contributed by atoms with van der Waals surface area (Å²) in [6.45, 7) is 4.07. The number of carbonyl (C=O) groups excluding carboxylic acids is 1. The lowest BCUT2D eigenvalue weighted by molar-refractivity contribution is 0.0937. The Labute approximate surface area is 143 Å². The van der Waals surface area contributed by atoms with Crippen molar-refractivity contribution in [1.29, 1.82) is 0 Å². The van der Waals surface area contributed by atoms with Gasteiger partial charge in [0.15, 0.2) is 0 Å². The average molecular weight is 362 g/mol. The molecule has 1 amide bonds. The first-order chi connectivity index (χ1) is 10.0. The van der Waals surface area contributed by atoms with Crippen LogP contribution >= 0.6 is 24.8 Å². The van der Waals surface area contributed by atoms with Crippen LogP contribution in [-0.2, 0) is 0 Å². The topological polar surface area (TPSA) is 120 Å². The lowest BCUT2D eigenvalue weighted by Crippen LogP contribution is -2.48. The first-order valence-electron chi connectivity index (χ1n) is 6.67. The molecular formula is C13H17Cl2N5O3. The second-order valence-electron chi connectivity index (χ2n) is 5.19. The van der Waals surface area contributed by atoms with Crippen molar-refractivity contribution in [3.05, 3.63) is 38.2 Å². The van der Waals surface area contributed by atoms with E-state index in [1.165, 1.54) is 0 Å². The molecule has 4 N–H and O–H groups in total. The monoisotopic (exact) mass is 361 g/mol. The Morgan fingerprint density at radius 3 is 2.61 bits per heavy atom. The molecule has 1 fully saturated rings. The summed E-state index contributed by atoms with van der Waals surface area (Å²) in [5.41, 5.74) is -0.246. The molecule has 1 aliphatic rings. The second-order valence-corrected chi connectivity index (χ2v) is 5.19. The molecule has 0 aliphatic carbocycles. The fourth-order valence-electron chi connectivity index (χ4n) is 2.29. The van der Waals surface area contributed by atoms with Crippen LogP contribution in [0.1, 0.15) is 16.1 Å². The lowest BCUT2D eigenvalue weighted by atomic mass is 10.0. The van der Waals surface area contributed by atoms with Crippen molar-refractivity contribution in [2.45, 2.75) is 6.92 Å². The van der Waals surface area contributed by atoms with E-state index < -0.39 is 11.2 Å². The van der Waals surface area contributed by atoms with Gasteiger partial charge in [0.05, 0.1) is 5.39 Å². The van der Waals surface area contributed by atoms with Crippen molar-refractivity contribution in [3.63, 3.8) is 0 Å². The Kier molecular flexibility index (Phi) is 6.31. The highest BCUT2D eigenvalue weighted by Crippen LogP contribution is 2.11. The van der Waals surface area contributed by atoms with Gasteiger partial charge in [-0.05, 0) is 18.6 Å². The SMILES string of the molecule is Cc1cc(C(=O)NCC2CNC2)nc2[nH]c(=O)[nH]c(=O)c12.Cl.Cl. The van der Waals surface area contributed by atoms with E-state index in [0.717, 1.165) is 13.1 Å². The summed E-state index contributed by atoms with van der Waals surface area (Å²) in [5, 5.41) is 6.21. The number of rotatable bonds is 3. The van der Waals surface area contributed by atoms with Crippen molar-refractivity contribution < 1.29 is 4.79 Å². The standard InChI is InChI=1S/C13H15N5O3.2ClH/c1-6-2-8(11(19)15-5-7-3-14-4-7)16-10-9(6)12(20)18-13(21)17-10;;/h2,7,14H,3-5H2,1H3,(H,15,19)(H2,16,17,18,20,21);2*1H. The molecule has 0 atom stereocenters. The molecule has 3 rings (SSSR count). The minimum absolute atomic E-state index is 0. The average Bonchev–Trinajstić information content (AvgIpc) is 2.35. The molecule has 126 valence electrons. The van der Waals surface area contributed by atoms with Gasteiger partial charge in [0, 0.05) is 25.6 Å². The van der Waals surface area contributed by atoms with Gasteiger partial charge in [-0.2, -0.15) is 0 Å². The van der Waals surface area contributed by atoms with E-state index in [1.54, 1.807) is 13.0 Å². The summed E-state index contributed by atoms with van der Waals surface area (Å²) >= 11 is 0. The molecule has 3 heterocycles. The number of aromatic amines is 2. The Bertz CT molecular complexity index is 828. The highest BCUT2D eigenvalue weighted by molar-refractivity contribution is 5.95. The summed E-state index contributed by atoms with van der Waals surface area (Å²) in [5.74, 6) is 0.131. The largest absolute Gasteiger partial charge is 0.350 e. The molecule has 2 aromatic rings. The van der Waals surface area contributed by atoms with Crippen LogP contribution in [0.25, 0.3) is 11.0 Å². The van der Waals surface area contributed by atoms with Crippen LogP contribution in [0, 0.1) is 12.8 Å². The second kappa shape index (κ2) is 7.58. The van der Waals surface area contributed by atoms with Gasteiger partial charge in [-0.3, -0.25) is 19.6 Å². The Morgan fingerprint density at radius 2 is 2.00 bits per heavy atom. The number of fused-ring (bicyclic) bond motifs is 1. The van der Waals surface area contributed by atoms with Crippen LogP contribution < -0.4 is 21.9 Å². The Morgan fingerprint density at radius 1 is 1.30 bits per heavy atom. The van der Waals surface area contributed by atoms with E-state index in [1.807, 2.05) is 0 Å². The predicted molar refractivity (Wildman–Crippen MR) is 90.9 cm³/mol. The molecule has 0 radical (unpaired) electrons. The summed E-state index contributed by atoms with van der Waals surface area (Å²) in [7, 11) is 0. The van der Waals surface area contributed by atoms with E-state index in [2.05, 4.69) is 25.6 Å². The van der Waals surface area contributed by atoms with Gasteiger partial charge >= 0.3 is 5.69 Å². The van der Waals surface area contributed by atoms with Crippen LogP contribution in [0.5, 0.6) is 0 Å². The van der Waals surface area contributed by atoms with Crippen LogP contribution in [-0.4, -0.2) is 40.5 Å². The van der Waals surface area contributed by atoms with Crippen LogP contribution in [0.15, 0.2) is 15.7 Å². The van der Waals surface area contributed by atoms with E-state index in [9.17, 15) is 14.4 Å². The van der Waals surface area contributed by atoms with Gasteiger partial charge in [0.2, 0.25) is 0 Å². The highest BCUT2D eigenvalue weighted by atomic mass is 35.5. The number of aromatic nitrogens is 3. The van der Waals surface area contributed by atoms with Gasteiger partial charge < -0.3 is 10.6 Å². The zero-order valence-electron chi connectivity index (χ0n) is 12.3. The van der Waals surface area contributed by atoms with Crippen molar-refractivity contribution in [1.82, 2.24) is 25.6 Å². The smallest absolute Gasteiger partial charge is 0.327 e. The molecule has 1 aliphatic heterocycles. The predicted octanol–water partition coefficient (Wildman–Crippen LogP) is -0.287. The van der Waals surface area contributed by atoms with E-state index >= 15 is 0 Å². The number of H-pyrrole nitrogens is 2. The number of amides is 1. The number of aryl methyl sites for hydroxylation is 1. The minimum atomic E-state index is -0.641. The first-order valence-corrected chi connectivity index (χ1v) is 6.67. The van der Waals surface area contributed by atoms with Crippen molar-refractivity contribution in [2.75, 3.05) is 19.6 Å². The molecule has 23 heavy (non-hydrogen) atoms. The zero-order chi connectivity index (χ0) is 15.0. The third-order valence-electron chi connectivity index (χ3n) is 3.55. The van der Waals surface area contributed by atoms with E-state index in [-0.39, 0.29) is 47.4 Å². The molecule has 10 heteroatoms. The van der Waals surface area contributed by atoms with Crippen molar-refractivity contribution >= 4 is 41.8 Å². The quantitative estimate of drug-likeness (QED) is 0.598. The van der Waals surface area contributed by atoms with Gasteiger partial charge in [0.1, 0.15) is 11.3 Å². The summed E-state index contributed by atoms with van der Waals surface area (Å²) < 4.78 is 0. The van der Waals surface area contributed by atoms with Gasteiger partial charge in [0.25, 0.3) is 11.5 Å². The van der Waals surface area contributed by atoms with Crippen LogP contribution in [0.2, 0.25) is 0 Å². The number of halogens is 2. The number of nitrogens with one attached hydrogen (secondary N) is 4. The fraction of sp³-hybridized carbons (Fsp3) is 0.385. The number of carbonyl (C=O) groups is 1. The van der Waals surface area contributed by atoms with E-state index in [0.29, 0.717) is 18.0 Å². The van der Waals surface area contributed by atoms with Crippen molar-refractivity contribution in [2.24, 2.45) is 5.92 Å². The minimum Gasteiger partial charge on any atom is -0.350 e. The first kappa shape index (κ1) is 19.1. The summed E-state index contributed by atoms with van der Waals surface area (Å²) in [6, 6.07) is 1.55. The third kappa shape index (κ3) is 3.90. The maximum atomic E-state index is 12.1. The molecule has 0 spiro atoms. The molecular weight excluding hydrogens is 345 g/mol. The maximum absolute atomic E-state index is 12.1. The highest BCUT2D eigenvalue weighted by Gasteiger charge is 2.19. The molecule has 8 nitrogen and oxygen atoms in total. The van der Waals surface area contributed by atoms with Crippen LogP contribution in [0.4, 0.5) is 0 Å². The molecule has 0 unspecified atom stereocenters. The molecule has 2 aromatic heterocycles. The summed E-state index contributed by atoms with van der Waals surface area (Å²) in [4.78, 5) is 43.8. The molecule has 0 saturated carbocycles. The molecule has 1 saturated heterocycles. The Hall–Kier alpha value is -1.90. The summed E-state index contributed by atoms with van der Waals surface area (Å²) in [6.07, 6.45) is 0. The van der Waals surface area contributed by atoms with Gasteiger partial charge in [-0.1, -0.05) is 0 Å². The Balaban J connectivity index is 0.00000132. The van der Waals surface area contributed by atoms with Crippen LogP contribution in [0.3, 0.4) is 0 Å². The normalized spacial score (nSPS) is 13.6. The van der Waals surface area contributed by atoms with E-state index in [4.69, 9.17) is 0 Å². The van der Waals surface area contributed by atoms with Gasteiger partial charge in [-0.25, -0.2) is 9.78 Å². The third-order valence-corrected chi connectivity index (χ3v) is 3.55. The fourth-order valence-corrected chi connectivity index (χ4v) is 2.29. The molecule has 0 bridgehead atoms. The van der Waals surface area contributed by atoms with Gasteiger partial charge in [-0.15, -0.1) is 24.8 Å². The number of nitrogens with zero attached hydrogens (tertiary/aromatic N) is 1. The number of hydrogen-bond acceptors (Lipinski definition) is 5. The maximum Gasteiger partial charge on any atom is 0.327 e. The zero-order valence-corrected chi connectivity index (χ0v) is 13.9. The van der Waals surface area contributed by atoms with Crippen molar-refractivity contribution in [3.8, 4) is 0 Å². The lowest BCUT2D eigenvalue weighted by Gasteiger charge is -2.26. The number of hydrogen-bond donors (Lipinski definition) is 4. The number of pyridine rings is 1. The molecule has 0 aromatic carbocycles.